The number of nitrogens with zero attached hydrogens (tertiary/aromatic N) is 2. The van der Waals surface area contributed by atoms with Gasteiger partial charge in [0.1, 0.15) is 6.10 Å². The van der Waals surface area contributed by atoms with Crippen molar-refractivity contribution in [1.82, 2.24) is 9.80 Å². The summed E-state index contributed by atoms with van der Waals surface area (Å²) in [4.78, 5) is 17.6. The number of carbonyl (C=O) groups excluding carboxylic acids is 1. The Morgan fingerprint density at radius 2 is 2.00 bits per heavy atom. The Kier molecular flexibility index (Phi) is 8.93. The number of hydrogen-bond donors (Lipinski definition) is 0. The van der Waals surface area contributed by atoms with E-state index in [9.17, 15) is 9.18 Å². The summed E-state index contributed by atoms with van der Waals surface area (Å²) in [5.74, 6) is 1.20. The standard InChI is InChI=1S/C27H34ClFN2O5/c1-18(2)14-31(16-20-11-21(28)26-24(13-20)34-8-4-9-36-26)27(32)25-17-30(7-10-35-25)15-19-5-6-22(29)23(12-19)33-3/h5-6,11-13,18,25H,4,7-10,14-17H2,1-3H3. The van der Waals surface area contributed by atoms with Gasteiger partial charge >= 0.3 is 0 Å². The Bertz CT molecular complexity index is 1070. The monoisotopic (exact) mass is 520 g/mol. The number of halogens is 2. The van der Waals surface area contributed by atoms with Gasteiger partial charge in [0.2, 0.25) is 0 Å². The minimum atomic E-state index is -0.587. The lowest BCUT2D eigenvalue weighted by Gasteiger charge is -2.35. The number of morpholine rings is 1. The minimum Gasteiger partial charge on any atom is -0.494 e. The molecule has 2 aliphatic heterocycles. The van der Waals surface area contributed by atoms with Crippen LogP contribution in [0, 0.1) is 11.7 Å². The number of benzene rings is 2. The van der Waals surface area contributed by atoms with Crippen LogP contribution in [0.5, 0.6) is 17.2 Å². The lowest BCUT2D eigenvalue weighted by Crippen LogP contribution is -2.51. The molecule has 1 amide bonds. The van der Waals surface area contributed by atoms with Gasteiger partial charge in [-0.25, -0.2) is 4.39 Å². The number of ether oxygens (including phenoxy) is 4. The van der Waals surface area contributed by atoms with Crippen molar-refractivity contribution in [3.05, 3.63) is 52.3 Å². The first-order valence-electron chi connectivity index (χ1n) is 12.4. The average Bonchev–Trinajstić information content (AvgIpc) is 3.10. The first-order chi connectivity index (χ1) is 17.3. The highest BCUT2D eigenvalue weighted by Gasteiger charge is 2.31. The van der Waals surface area contributed by atoms with Gasteiger partial charge in [0.05, 0.1) is 32.0 Å². The van der Waals surface area contributed by atoms with E-state index in [2.05, 4.69) is 18.7 Å². The van der Waals surface area contributed by atoms with E-state index in [-0.39, 0.29) is 17.6 Å². The molecule has 0 bridgehead atoms. The van der Waals surface area contributed by atoms with E-state index in [0.29, 0.717) is 69.1 Å². The zero-order chi connectivity index (χ0) is 25.7. The molecule has 2 aromatic rings. The molecule has 1 fully saturated rings. The third-order valence-electron chi connectivity index (χ3n) is 6.18. The molecule has 0 N–H and O–H groups in total. The van der Waals surface area contributed by atoms with E-state index in [1.165, 1.54) is 13.2 Å². The molecule has 9 heteroatoms. The third kappa shape index (κ3) is 6.60. The van der Waals surface area contributed by atoms with Crippen molar-refractivity contribution in [2.45, 2.75) is 39.5 Å². The summed E-state index contributed by atoms with van der Waals surface area (Å²) >= 11 is 6.49. The molecule has 36 heavy (non-hydrogen) atoms. The van der Waals surface area contributed by atoms with Crippen LogP contribution in [0.15, 0.2) is 30.3 Å². The second-order valence-corrected chi connectivity index (χ2v) is 10.0. The van der Waals surface area contributed by atoms with Crippen molar-refractivity contribution < 1.29 is 28.1 Å². The lowest BCUT2D eigenvalue weighted by molar-refractivity contribution is -0.151. The predicted octanol–water partition coefficient (Wildman–Crippen LogP) is 4.53. The van der Waals surface area contributed by atoms with Gasteiger partial charge in [-0.1, -0.05) is 31.5 Å². The van der Waals surface area contributed by atoms with Crippen LogP contribution in [0.3, 0.4) is 0 Å². The van der Waals surface area contributed by atoms with E-state index in [1.807, 2.05) is 17.0 Å². The number of rotatable bonds is 8. The maximum absolute atomic E-state index is 13.8. The number of methoxy groups -OCH3 is 1. The second kappa shape index (κ2) is 12.1. The largest absolute Gasteiger partial charge is 0.494 e. The first kappa shape index (κ1) is 26.5. The minimum absolute atomic E-state index is 0.0617. The molecule has 4 rings (SSSR count). The molecule has 2 heterocycles. The summed E-state index contributed by atoms with van der Waals surface area (Å²) in [6.07, 6.45) is 0.203. The SMILES string of the molecule is COc1cc(CN2CCOC(C(=O)N(Cc3cc(Cl)c4c(c3)OCCCO4)CC(C)C)C2)ccc1F. The zero-order valence-corrected chi connectivity index (χ0v) is 21.9. The quantitative estimate of drug-likeness (QED) is 0.509. The van der Waals surface area contributed by atoms with Gasteiger partial charge in [0.25, 0.3) is 5.91 Å². The number of carbonyl (C=O) groups is 1. The maximum atomic E-state index is 13.8. The molecule has 196 valence electrons. The molecule has 2 aromatic carbocycles. The fourth-order valence-electron chi connectivity index (χ4n) is 4.53. The molecule has 0 aromatic heterocycles. The van der Waals surface area contributed by atoms with Crippen LogP contribution in [-0.2, 0) is 22.6 Å². The Labute approximate surface area is 217 Å². The highest BCUT2D eigenvalue weighted by molar-refractivity contribution is 6.32. The smallest absolute Gasteiger partial charge is 0.253 e. The maximum Gasteiger partial charge on any atom is 0.253 e. The molecule has 1 unspecified atom stereocenters. The Morgan fingerprint density at radius 1 is 1.19 bits per heavy atom. The summed E-state index contributed by atoms with van der Waals surface area (Å²) in [6, 6.07) is 8.58. The summed E-state index contributed by atoms with van der Waals surface area (Å²) in [7, 11) is 1.45. The fraction of sp³-hybridized carbons (Fsp3) is 0.519. The molecule has 1 atom stereocenters. The summed E-state index contributed by atoms with van der Waals surface area (Å²) < 4.78 is 36.4. The van der Waals surface area contributed by atoms with E-state index in [4.69, 9.17) is 30.5 Å². The first-order valence-corrected chi connectivity index (χ1v) is 12.7. The topological polar surface area (TPSA) is 60.5 Å². The second-order valence-electron chi connectivity index (χ2n) is 9.63. The molecular weight excluding hydrogens is 487 g/mol. The van der Waals surface area contributed by atoms with Crippen LogP contribution in [0.2, 0.25) is 5.02 Å². The van der Waals surface area contributed by atoms with Crippen molar-refractivity contribution >= 4 is 17.5 Å². The van der Waals surface area contributed by atoms with Crippen molar-refractivity contribution in [3.63, 3.8) is 0 Å². The van der Waals surface area contributed by atoms with Crippen LogP contribution in [-0.4, -0.2) is 68.4 Å². The Morgan fingerprint density at radius 3 is 2.78 bits per heavy atom. The van der Waals surface area contributed by atoms with Gasteiger partial charge in [0.15, 0.2) is 23.1 Å². The van der Waals surface area contributed by atoms with E-state index in [0.717, 1.165) is 17.5 Å². The molecule has 0 aliphatic carbocycles. The summed E-state index contributed by atoms with van der Waals surface area (Å²) in [6.45, 7) is 8.42. The van der Waals surface area contributed by atoms with Crippen LogP contribution in [0.4, 0.5) is 4.39 Å². The van der Waals surface area contributed by atoms with E-state index >= 15 is 0 Å². The third-order valence-corrected chi connectivity index (χ3v) is 6.46. The Hall–Kier alpha value is -2.55. The number of amides is 1. The van der Waals surface area contributed by atoms with Crippen LogP contribution in [0.1, 0.15) is 31.4 Å². The van der Waals surface area contributed by atoms with Gasteiger partial charge in [-0.05, 0) is 41.3 Å². The summed E-state index contributed by atoms with van der Waals surface area (Å²) in [5, 5.41) is 0.483. The number of hydrogen-bond acceptors (Lipinski definition) is 6. The molecule has 0 saturated carbocycles. The normalized spacial score (nSPS) is 18.1. The molecule has 2 aliphatic rings. The van der Waals surface area contributed by atoms with Gasteiger partial charge in [-0.15, -0.1) is 0 Å². The molecule has 0 radical (unpaired) electrons. The highest BCUT2D eigenvalue weighted by atomic mass is 35.5. The molecule has 7 nitrogen and oxygen atoms in total. The zero-order valence-electron chi connectivity index (χ0n) is 21.1. The molecule has 0 spiro atoms. The number of fused-ring (bicyclic) bond motifs is 1. The van der Waals surface area contributed by atoms with Gasteiger partial charge in [-0.3, -0.25) is 9.69 Å². The van der Waals surface area contributed by atoms with Crippen molar-refractivity contribution in [2.24, 2.45) is 5.92 Å². The van der Waals surface area contributed by atoms with Crippen molar-refractivity contribution in [3.8, 4) is 17.2 Å². The van der Waals surface area contributed by atoms with Crippen LogP contribution >= 0.6 is 11.6 Å². The van der Waals surface area contributed by atoms with E-state index < -0.39 is 11.9 Å². The molecular formula is C27H34ClFN2O5. The van der Waals surface area contributed by atoms with Gasteiger partial charge in [0, 0.05) is 39.1 Å². The lowest BCUT2D eigenvalue weighted by atomic mass is 10.1. The van der Waals surface area contributed by atoms with Crippen LogP contribution in [0.25, 0.3) is 0 Å². The van der Waals surface area contributed by atoms with Gasteiger partial charge < -0.3 is 23.8 Å². The predicted molar refractivity (Wildman–Crippen MR) is 135 cm³/mol. The Balaban J connectivity index is 1.46. The van der Waals surface area contributed by atoms with Crippen molar-refractivity contribution in [1.29, 1.82) is 0 Å². The van der Waals surface area contributed by atoms with Crippen molar-refractivity contribution in [2.75, 3.05) is 46.6 Å². The van der Waals surface area contributed by atoms with E-state index in [1.54, 1.807) is 12.1 Å². The molecule has 1 saturated heterocycles. The van der Waals surface area contributed by atoms with Gasteiger partial charge in [-0.2, -0.15) is 0 Å². The highest BCUT2D eigenvalue weighted by Crippen LogP contribution is 2.38. The fourth-order valence-corrected chi connectivity index (χ4v) is 4.82. The summed E-state index contributed by atoms with van der Waals surface area (Å²) in [5.41, 5.74) is 1.80. The van der Waals surface area contributed by atoms with Crippen LogP contribution < -0.4 is 14.2 Å². The average molecular weight is 521 g/mol.